The number of hydrogen-bond donors (Lipinski definition) is 1. The molecule has 0 radical (unpaired) electrons. The first-order chi connectivity index (χ1) is 14.9. The van der Waals surface area contributed by atoms with Crippen molar-refractivity contribution < 1.29 is 19.1 Å². The van der Waals surface area contributed by atoms with Crippen LogP contribution in [0, 0.1) is 13.8 Å². The average Bonchev–Trinajstić information content (AvgIpc) is 3.17. The summed E-state index contributed by atoms with van der Waals surface area (Å²) in [6, 6.07) is 13.9. The Hall–Kier alpha value is -3.12. The third-order valence-electron chi connectivity index (χ3n) is 4.95. The van der Waals surface area contributed by atoms with Gasteiger partial charge in [-0.1, -0.05) is 49.4 Å². The van der Waals surface area contributed by atoms with E-state index in [1.54, 1.807) is 6.92 Å². The van der Waals surface area contributed by atoms with Crippen molar-refractivity contribution in [1.29, 1.82) is 0 Å². The highest BCUT2D eigenvalue weighted by Crippen LogP contribution is 2.36. The first kappa shape index (κ1) is 22.6. The Bertz CT molecular complexity index is 1050. The zero-order chi connectivity index (χ0) is 22.4. The van der Waals surface area contributed by atoms with Crippen molar-refractivity contribution in [3.63, 3.8) is 0 Å². The van der Waals surface area contributed by atoms with Gasteiger partial charge in [-0.25, -0.2) is 4.79 Å². The summed E-state index contributed by atoms with van der Waals surface area (Å²) in [4.78, 5) is 25.3. The van der Waals surface area contributed by atoms with E-state index in [0.717, 1.165) is 28.7 Å². The summed E-state index contributed by atoms with van der Waals surface area (Å²) in [5, 5.41) is 5.16. The minimum Gasteiger partial charge on any atom is -0.483 e. The number of carbonyl (C=O) groups excluding carboxylic acids is 2. The van der Waals surface area contributed by atoms with Crippen LogP contribution in [-0.4, -0.2) is 25.1 Å². The van der Waals surface area contributed by atoms with Crippen molar-refractivity contribution in [1.82, 2.24) is 0 Å². The second-order valence-electron chi connectivity index (χ2n) is 7.18. The fourth-order valence-electron chi connectivity index (χ4n) is 3.32. The van der Waals surface area contributed by atoms with Crippen LogP contribution in [-0.2, 0) is 16.0 Å². The van der Waals surface area contributed by atoms with E-state index >= 15 is 0 Å². The highest BCUT2D eigenvalue weighted by atomic mass is 32.1. The van der Waals surface area contributed by atoms with E-state index in [9.17, 15) is 9.59 Å². The van der Waals surface area contributed by atoms with Gasteiger partial charge in [-0.05, 0) is 49.4 Å². The smallest absolute Gasteiger partial charge is 0.341 e. The van der Waals surface area contributed by atoms with Crippen molar-refractivity contribution in [3.8, 4) is 16.9 Å². The van der Waals surface area contributed by atoms with Crippen molar-refractivity contribution in [2.75, 3.05) is 18.5 Å². The third kappa shape index (κ3) is 5.33. The maximum atomic E-state index is 12.7. The molecule has 0 fully saturated rings. The van der Waals surface area contributed by atoms with Gasteiger partial charge in [0.25, 0.3) is 5.91 Å². The van der Waals surface area contributed by atoms with Gasteiger partial charge in [-0.3, -0.25) is 4.79 Å². The highest BCUT2D eigenvalue weighted by Gasteiger charge is 2.23. The van der Waals surface area contributed by atoms with E-state index in [1.165, 1.54) is 16.9 Å². The third-order valence-corrected chi connectivity index (χ3v) is 5.85. The van der Waals surface area contributed by atoms with Crippen LogP contribution in [0.4, 0.5) is 5.00 Å². The fourth-order valence-corrected chi connectivity index (χ4v) is 4.29. The number of carbonyl (C=O) groups is 2. The lowest BCUT2D eigenvalue weighted by molar-refractivity contribution is -0.118. The normalized spacial score (nSPS) is 10.6. The predicted octanol–water partition coefficient (Wildman–Crippen LogP) is 5.79. The van der Waals surface area contributed by atoms with Crippen molar-refractivity contribution in [2.45, 2.75) is 34.1 Å². The van der Waals surface area contributed by atoms with Gasteiger partial charge in [-0.2, -0.15) is 0 Å². The van der Waals surface area contributed by atoms with Gasteiger partial charge >= 0.3 is 5.97 Å². The Morgan fingerprint density at radius 2 is 1.68 bits per heavy atom. The first-order valence-electron chi connectivity index (χ1n) is 10.3. The van der Waals surface area contributed by atoms with Gasteiger partial charge in [0.05, 0.1) is 6.61 Å². The Morgan fingerprint density at radius 1 is 1.00 bits per heavy atom. The van der Waals surface area contributed by atoms with Crippen LogP contribution in [0.15, 0.2) is 47.8 Å². The highest BCUT2D eigenvalue weighted by molar-refractivity contribution is 7.15. The van der Waals surface area contributed by atoms with Crippen LogP contribution < -0.4 is 10.1 Å². The molecule has 0 aliphatic carbocycles. The Morgan fingerprint density at radius 3 is 2.29 bits per heavy atom. The maximum Gasteiger partial charge on any atom is 0.341 e. The van der Waals surface area contributed by atoms with Crippen LogP contribution >= 0.6 is 11.3 Å². The van der Waals surface area contributed by atoms with E-state index in [4.69, 9.17) is 9.47 Å². The second-order valence-corrected chi connectivity index (χ2v) is 8.06. The summed E-state index contributed by atoms with van der Waals surface area (Å²) in [5.74, 6) is -0.0848. The van der Waals surface area contributed by atoms with Gasteiger partial charge in [0, 0.05) is 10.9 Å². The first-order valence-corrected chi connectivity index (χ1v) is 11.2. The van der Waals surface area contributed by atoms with Gasteiger partial charge in [0.2, 0.25) is 0 Å². The molecule has 1 heterocycles. The summed E-state index contributed by atoms with van der Waals surface area (Å²) in [6.45, 7) is 7.84. The number of benzene rings is 2. The number of esters is 1. The number of ether oxygens (including phenoxy) is 2. The van der Waals surface area contributed by atoms with E-state index in [1.807, 2.05) is 61.7 Å². The molecular formula is C25H27NO4S. The predicted molar refractivity (Wildman–Crippen MR) is 125 cm³/mol. The van der Waals surface area contributed by atoms with E-state index < -0.39 is 5.97 Å². The number of hydrogen-bond acceptors (Lipinski definition) is 5. The number of para-hydroxylation sites is 1. The zero-order valence-corrected chi connectivity index (χ0v) is 19.1. The number of aryl methyl sites for hydroxylation is 3. The Labute approximate surface area is 187 Å². The lowest BCUT2D eigenvalue weighted by atomic mass is 10.0. The van der Waals surface area contributed by atoms with Crippen LogP contribution in [0.5, 0.6) is 5.75 Å². The molecule has 6 heteroatoms. The van der Waals surface area contributed by atoms with Crippen LogP contribution in [0.2, 0.25) is 0 Å². The minimum atomic E-state index is -0.454. The van der Waals surface area contributed by atoms with Crippen molar-refractivity contribution >= 4 is 28.2 Å². The van der Waals surface area contributed by atoms with Crippen molar-refractivity contribution in [2.24, 2.45) is 0 Å². The molecule has 1 amide bonds. The molecule has 0 saturated carbocycles. The zero-order valence-electron chi connectivity index (χ0n) is 18.3. The van der Waals surface area contributed by atoms with Crippen LogP contribution in [0.3, 0.4) is 0 Å². The summed E-state index contributed by atoms with van der Waals surface area (Å²) < 4.78 is 11.0. The van der Waals surface area contributed by atoms with Gasteiger partial charge in [-0.15, -0.1) is 11.3 Å². The summed E-state index contributed by atoms with van der Waals surface area (Å²) in [6.07, 6.45) is 0.941. The lowest BCUT2D eigenvalue weighted by Crippen LogP contribution is -2.21. The van der Waals surface area contributed by atoms with Gasteiger partial charge in [0.15, 0.2) is 6.61 Å². The lowest BCUT2D eigenvalue weighted by Gasteiger charge is -2.12. The quantitative estimate of drug-likeness (QED) is 0.453. The summed E-state index contributed by atoms with van der Waals surface area (Å²) in [5.41, 5.74) is 5.18. The standard InChI is InChI=1S/C25H27NO4S/c1-5-18-10-12-19(13-11-18)20-15-31-24(22(20)25(28)29-6-2)26-21(27)14-30-23-16(3)8-7-9-17(23)4/h7-13,15H,5-6,14H2,1-4H3,(H,26,27). The molecule has 1 N–H and O–H groups in total. The van der Waals surface area contributed by atoms with E-state index in [-0.39, 0.29) is 19.1 Å². The van der Waals surface area contributed by atoms with Crippen LogP contribution in [0.1, 0.15) is 40.9 Å². The number of anilines is 1. The number of thiophene rings is 1. The summed E-state index contributed by atoms with van der Waals surface area (Å²) in [7, 11) is 0. The number of rotatable bonds is 8. The molecule has 0 bridgehead atoms. The molecule has 0 aliphatic heterocycles. The van der Waals surface area contributed by atoms with Gasteiger partial charge < -0.3 is 14.8 Å². The minimum absolute atomic E-state index is 0.146. The number of nitrogens with one attached hydrogen (secondary N) is 1. The molecule has 0 saturated heterocycles. The molecule has 0 aliphatic rings. The average molecular weight is 438 g/mol. The van der Waals surface area contributed by atoms with Crippen LogP contribution in [0.25, 0.3) is 11.1 Å². The summed E-state index contributed by atoms with van der Waals surface area (Å²) >= 11 is 1.30. The molecule has 2 aromatic carbocycles. The monoisotopic (exact) mass is 437 g/mol. The molecular weight excluding hydrogens is 410 g/mol. The molecule has 0 spiro atoms. The SMILES string of the molecule is CCOC(=O)c1c(-c2ccc(CC)cc2)csc1NC(=O)COc1c(C)cccc1C. The van der Waals surface area contributed by atoms with Crippen molar-refractivity contribution in [3.05, 3.63) is 70.1 Å². The second kappa shape index (κ2) is 10.3. The molecule has 0 unspecified atom stereocenters. The molecule has 3 aromatic rings. The Balaban J connectivity index is 1.82. The molecule has 162 valence electrons. The molecule has 31 heavy (non-hydrogen) atoms. The fraction of sp³-hybridized carbons (Fsp3) is 0.280. The molecule has 3 rings (SSSR count). The van der Waals surface area contributed by atoms with Gasteiger partial charge in [0.1, 0.15) is 16.3 Å². The number of amides is 1. The maximum absolute atomic E-state index is 12.7. The molecule has 5 nitrogen and oxygen atoms in total. The topological polar surface area (TPSA) is 64.6 Å². The van der Waals surface area contributed by atoms with E-state index in [2.05, 4.69) is 12.2 Å². The molecule has 1 aromatic heterocycles. The largest absolute Gasteiger partial charge is 0.483 e. The Kier molecular flexibility index (Phi) is 7.47. The molecule has 0 atom stereocenters. The van der Waals surface area contributed by atoms with E-state index in [0.29, 0.717) is 16.3 Å².